The van der Waals surface area contributed by atoms with Gasteiger partial charge in [-0.05, 0) is 37.8 Å². The SMILES string of the molecule is CC1CCN(c2nc(NN)nc3ccccc23)C(C)C1. The molecule has 1 aromatic heterocycles. The zero-order valence-corrected chi connectivity index (χ0v) is 12.0. The molecule has 3 rings (SSSR count). The summed E-state index contributed by atoms with van der Waals surface area (Å²) >= 11 is 0. The van der Waals surface area contributed by atoms with Crippen LogP contribution in [0.25, 0.3) is 10.9 Å². The third-order valence-corrected chi connectivity index (χ3v) is 4.12. The van der Waals surface area contributed by atoms with E-state index in [0.717, 1.165) is 29.2 Å². The summed E-state index contributed by atoms with van der Waals surface area (Å²) in [5.41, 5.74) is 3.50. The first-order chi connectivity index (χ1) is 9.69. The molecule has 2 atom stereocenters. The van der Waals surface area contributed by atoms with E-state index in [2.05, 4.69) is 40.2 Å². The molecule has 1 aliphatic heterocycles. The van der Waals surface area contributed by atoms with Gasteiger partial charge < -0.3 is 4.90 Å². The number of hydrogen-bond donors (Lipinski definition) is 2. The number of nitrogens with two attached hydrogens (primary N) is 1. The van der Waals surface area contributed by atoms with Crippen LogP contribution in [0.5, 0.6) is 0 Å². The van der Waals surface area contributed by atoms with Crippen LogP contribution in [-0.2, 0) is 0 Å². The molecule has 5 nitrogen and oxygen atoms in total. The van der Waals surface area contributed by atoms with Crippen LogP contribution >= 0.6 is 0 Å². The molecule has 5 heteroatoms. The number of nitrogen functional groups attached to an aromatic ring is 1. The molecule has 0 aliphatic carbocycles. The van der Waals surface area contributed by atoms with Crippen molar-refractivity contribution >= 4 is 22.7 Å². The van der Waals surface area contributed by atoms with Crippen LogP contribution in [0.3, 0.4) is 0 Å². The maximum absolute atomic E-state index is 5.50. The molecule has 0 saturated carbocycles. The number of benzene rings is 1. The normalized spacial score (nSPS) is 23.1. The molecule has 0 radical (unpaired) electrons. The molecule has 106 valence electrons. The lowest BCUT2D eigenvalue weighted by Crippen LogP contribution is -2.41. The van der Waals surface area contributed by atoms with Crippen molar-refractivity contribution in [2.75, 3.05) is 16.9 Å². The van der Waals surface area contributed by atoms with E-state index in [9.17, 15) is 0 Å². The molecule has 1 saturated heterocycles. The van der Waals surface area contributed by atoms with E-state index >= 15 is 0 Å². The molecule has 0 spiro atoms. The average molecular weight is 271 g/mol. The van der Waals surface area contributed by atoms with E-state index in [-0.39, 0.29) is 0 Å². The highest BCUT2D eigenvalue weighted by Gasteiger charge is 2.25. The van der Waals surface area contributed by atoms with Gasteiger partial charge in [-0.3, -0.25) is 5.43 Å². The monoisotopic (exact) mass is 271 g/mol. The number of anilines is 2. The Morgan fingerprint density at radius 3 is 2.80 bits per heavy atom. The Hall–Kier alpha value is -1.88. The Bertz CT molecular complexity index is 612. The van der Waals surface area contributed by atoms with Gasteiger partial charge in [-0.15, -0.1) is 0 Å². The fraction of sp³-hybridized carbons (Fsp3) is 0.467. The zero-order valence-electron chi connectivity index (χ0n) is 12.0. The van der Waals surface area contributed by atoms with Crippen molar-refractivity contribution < 1.29 is 0 Å². The Labute approximate surface area is 119 Å². The molecular weight excluding hydrogens is 250 g/mol. The molecular formula is C15H21N5. The molecule has 2 aromatic rings. The number of nitrogens with zero attached hydrogens (tertiary/aromatic N) is 3. The van der Waals surface area contributed by atoms with Crippen LogP contribution in [0.15, 0.2) is 24.3 Å². The van der Waals surface area contributed by atoms with Crippen LogP contribution in [0, 0.1) is 5.92 Å². The van der Waals surface area contributed by atoms with Gasteiger partial charge in [0.2, 0.25) is 5.95 Å². The maximum atomic E-state index is 5.50. The van der Waals surface area contributed by atoms with Crippen LogP contribution in [-0.4, -0.2) is 22.6 Å². The second kappa shape index (κ2) is 5.25. The van der Waals surface area contributed by atoms with Gasteiger partial charge in [0.25, 0.3) is 0 Å². The third kappa shape index (κ3) is 2.29. The Kier molecular flexibility index (Phi) is 3.44. The first-order valence-electron chi connectivity index (χ1n) is 7.19. The van der Waals surface area contributed by atoms with Crippen molar-refractivity contribution in [1.82, 2.24) is 9.97 Å². The van der Waals surface area contributed by atoms with E-state index < -0.39 is 0 Å². The Morgan fingerprint density at radius 2 is 2.05 bits per heavy atom. The minimum absolute atomic E-state index is 0.476. The molecule has 1 aromatic carbocycles. The van der Waals surface area contributed by atoms with E-state index in [1.54, 1.807) is 0 Å². The van der Waals surface area contributed by atoms with Gasteiger partial charge in [-0.2, -0.15) is 4.98 Å². The van der Waals surface area contributed by atoms with Crippen molar-refractivity contribution in [2.45, 2.75) is 32.7 Å². The first-order valence-corrected chi connectivity index (χ1v) is 7.19. The summed E-state index contributed by atoms with van der Waals surface area (Å²) in [6.07, 6.45) is 2.40. The largest absolute Gasteiger partial charge is 0.353 e. The van der Waals surface area contributed by atoms with E-state index in [0.29, 0.717) is 12.0 Å². The van der Waals surface area contributed by atoms with Gasteiger partial charge >= 0.3 is 0 Å². The van der Waals surface area contributed by atoms with E-state index in [1.807, 2.05) is 18.2 Å². The van der Waals surface area contributed by atoms with Gasteiger partial charge in [0.05, 0.1) is 5.52 Å². The molecule has 0 bridgehead atoms. The summed E-state index contributed by atoms with van der Waals surface area (Å²) in [5.74, 6) is 7.75. The number of piperidine rings is 1. The van der Waals surface area contributed by atoms with Crippen molar-refractivity contribution in [3.8, 4) is 0 Å². The zero-order chi connectivity index (χ0) is 14.1. The molecule has 20 heavy (non-hydrogen) atoms. The van der Waals surface area contributed by atoms with Crippen LogP contribution < -0.4 is 16.2 Å². The minimum atomic E-state index is 0.476. The van der Waals surface area contributed by atoms with Gasteiger partial charge in [0.1, 0.15) is 5.82 Å². The Balaban J connectivity index is 2.09. The lowest BCUT2D eigenvalue weighted by molar-refractivity contribution is 0.376. The van der Waals surface area contributed by atoms with Crippen LogP contribution in [0.1, 0.15) is 26.7 Å². The number of hydrazine groups is 1. The standard InChI is InChI=1S/C15H21N5/c1-10-7-8-20(11(2)9-10)14-12-5-3-4-6-13(12)17-15(18-14)19-16/h3-6,10-11H,7-9,16H2,1-2H3,(H,17,18,19). The fourth-order valence-electron chi connectivity index (χ4n) is 3.07. The maximum Gasteiger partial charge on any atom is 0.239 e. The summed E-state index contributed by atoms with van der Waals surface area (Å²) in [7, 11) is 0. The highest BCUT2D eigenvalue weighted by Crippen LogP contribution is 2.31. The number of rotatable bonds is 2. The molecule has 2 unspecified atom stereocenters. The first kappa shape index (κ1) is 13.1. The lowest BCUT2D eigenvalue weighted by Gasteiger charge is -2.38. The summed E-state index contributed by atoms with van der Waals surface area (Å²) in [4.78, 5) is 11.4. The number of para-hydroxylation sites is 1. The fourth-order valence-corrected chi connectivity index (χ4v) is 3.07. The molecule has 2 heterocycles. The summed E-state index contributed by atoms with van der Waals surface area (Å²) < 4.78 is 0. The third-order valence-electron chi connectivity index (χ3n) is 4.12. The topological polar surface area (TPSA) is 67.1 Å². The second-order valence-electron chi connectivity index (χ2n) is 5.70. The average Bonchev–Trinajstić information content (AvgIpc) is 2.46. The highest BCUT2D eigenvalue weighted by atomic mass is 15.3. The van der Waals surface area contributed by atoms with Gasteiger partial charge in [-0.1, -0.05) is 19.1 Å². The predicted octanol–water partition coefficient (Wildman–Crippen LogP) is 2.54. The number of hydrogen-bond acceptors (Lipinski definition) is 5. The van der Waals surface area contributed by atoms with Crippen molar-refractivity contribution in [3.63, 3.8) is 0 Å². The van der Waals surface area contributed by atoms with Gasteiger partial charge in [-0.25, -0.2) is 10.8 Å². The summed E-state index contributed by atoms with van der Waals surface area (Å²) in [5, 5.41) is 1.09. The number of aromatic nitrogens is 2. The predicted molar refractivity (Wildman–Crippen MR) is 82.6 cm³/mol. The van der Waals surface area contributed by atoms with Gasteiger partial charge in [0.15, 0.2) is 0 Å². The number of nitrogens with one attached hydrogen (secondary N) is 1. The summed E-state index contributed by atoms with van der Waals surface area (Å²) in [6.45, 7) is 5.62. The second-order valence-corrected chi connectivity index (χ2v) is 5.70. The molecule has 0 amide bonds. The van der Waals surface area contributed by atoms with E-state index in [4.69, 9.17) is 5.84 Å². The minimum Gasteiger partial charge on any atom is -0.353 e. The number of fused-ring (bicyclic) bond motifs is 1. The highest BCUT2D eigenvalue weighted by molar-refractivity contribution is 5.90. The Morgan fingerprint density at radius 1 is 1.25 bits per heavy atom. The summed E-state index contributed by atoms with van der Waals surface area (Å²) in [6, 6.07) is 8.58. The molecule has 1 fully saturated rings. The molecule has 1 aliphatic rings. The van der Waals surface area contributed by atoms with Crippen LogP contribution in [0.4, 0.5) is 11.8 Å². The van der Waals surface area contributed by atoms with Crippen molar-refractivity contribution in [3.05, 3.63) is 24.3 Å². The van der Waals surface area contributed by atoms with Crippen molar-refractivity contribution in [2.24, 2.45) is 11.8 Å². The quantitative estimate of drug-likeness (QED) is 0.649. The molecule has 3 N–H and O–H groups in total. The smallest absolute Gasteiger partial charge is 0.239 e. The van der Waals surface area contributed by atoms with Gasteiger partial charge in [0, 0.05) is 18.0 Å². The lowest BCUT2D eigenvalue weighted by atomic mass is 9.93. The van der Waals surface area contributed by atoms with Crippen molar-refractivity contribution in [1.29, 1.82) is 0 Å². The van der Waals surface area contributed by atoms with E-state index in [1.165, 1.54) is 12.8 Å². The van der Waals surface area contributed by atoms with Crippen LogP contribution in [0.2, 0.25) is 0 Å².